The van der Waals surface area contributed by atoms with Crippen LogP contribution < -0.4 is 19.5 Å². The number of aryl methyl sites for hydroxylation is 1. The zero-order valence-corrected chi connectivity index (χ0v) is 17.3. The van der Waals surface area contributed by atoms with E-state index >= 15 is 0 Å². The van der Waals surface area contributed by atoms with Gasteiger partial charge < -0.3 is 19.5 Å². The van der Waals surface area contributed by atoms with Crippen LogP contribution in [0, 0.1) is 0 Å². The highest BCUT2D eigenvalue weighted by Crippen LogP contribution is 2.35. The van der Waals surface area contributed by atoms with Crippen molar-refractivity contribution in [2.24, 2.45) is 0 Å². The number of carbonyl (C=O) groups excluding carboxylic acids is 1. The van der Waals surface area contributed by atoms with Gasteiger partial charge in [-0.2, -0.15) is 8.78 Å². The van der Waals surface area contributed by atoms with Gasteiger partial charge >= 0.3 is 6.61 Å². The lowest BCUT2D eigenvalue weighted by atomic mass is 9.81. The third kappa shape index (κ3) is 5.62. The molecule has 0 saturated carbocycles. The van der Waals surface area contributed by atoms with Crippen molar-refractivity contribution in [1.82, 2.24) is 5.32 Å². The first-order valence-electron chi connectivity index (χ1n) is 10.1. The Kier molecular flexibility index (Phi) is 7.49. The summed E-state index contributed by atoms with van der Waals surface area (Å²) in [5.41, 5.74) is 3.26. The number of nitrogens with one attached hydrogen (secondary N) is 1. The first-order valence-corrected chi connectivity index (χ1v) is 10.1. The Morgan fingerprint density at radius 3 is 2.70 bits per heavy atom. The molecule has 162 valence electrons. The number of carbonyl (C=O) groups is 1. The van der Waals surface area contributed by atoms with Crippen LogP contribution in [0.4, 0.5) is 8.78 Å². The number of hydrogen-bond donors (Lipinski definition) is 1. The number of ether oxygens (including phenoxy) is 3. The highest BCUT2D eigenvalue weighted by atomic mass is 19.3. The fourth-order valence-corrected chi connectivity index (χ4v) is 3.94. The minimum Gasteiger partial charge on any atom is -0.497 e. The molecule has 0 fully saturated rings. The Morgan fingerprint density at radius 1 is 1.13 bits per heavy atom. The standard InChI is InChI=1S/C23H27F2NO4/c1-28-18-7-8-19-16(13-18)4-3-5-17(19)14-22(27)26-11-10-15-6-9-20(29-2)21(12-15)30-23(24)25/h6-9,12-13,17,23H,3-5,10-11,14H2,1-2H3,(H,26,27). The van der Waals surface area contributed by atoms with E-state index in [1.165, 1.54) is 24.3 Å². The van der Waals surface area contributed by atoms with E-state index in [2.05, 4.69) is 22.2 Å². The Morgan fingerprint density at radius 2 is 1.97 bits per heavy atom. The topological polar surface area (TPSA) is 56.8 Å². The number of benzene rings is 2. The molecule has 5 nitrogen and oxygen atoms in total. The van der Waals surface area contributed by atoms with E-state index in [4.69, 9.17) is 9.47 Å². The van der Waals surface area contributed by atoms with E-state index < -0.39 is 6.61 Å². The fraction of sp³-hybridized carbons (Fsp3) is 0.435. The molecule has 1 atom stereocenters. The molecule has 0 spiro atoms. The van der Waals surface area contributed by atoms with Crippen LogP contribution >= 0.6 is 0 Å². The summed E-state index contributed by atoms with van der Waals surface area (Å²) in [6.45, 7) is -2.51. The molecule has 30 heavy (non-hydrogen) atoms. The van der Waals surface area contributed by atoms with Crippen molar-refractivity contribution in [1.29, 1.82) is 0 Å². The molecule has 0 aliphatic heterocycles. The minimum absolute atomic E-state index is 0.00873. The van der Waals surface area contributed by atoms with Crippen LogP contribution in [-0.2, 0) is 17.6 Å². The van der Waals surface area contributed by atoms with Crippen molar-refractivity contribution in [2.45, 2.75) is 44.6 Å². The molecule has 1 aliphatic rings. The smallest absolute Gasteiger partial charge is 0.387 e. The molecule has 2 aromatic carbocycles. The molecule has 3 rings (SSSR count). The summed E-state index contributed by atoms with van der Waals surface area (Å²) in [4.78, 5) is 12.5. The van der Waals surface area contributed by atoms with Gasteiger partial charge in [-0.3, -0.25) is 4.79 Å². The SMILES string of the molecule is COc1ccc2c(c1)CCCC2CC(=O)NCCc1ccc(OC)c(OC(F)F)c1. The molecule has 1 aliphatic carbocycles. The van der Waals surface area contributed by atoms with Crippen molar-refractivity contribution >= 4 is 5.91 Å². The number of fused-ring (bicyclic) bond motifs is 1. The first kappa shape index (κ1) is 21.9. The van der Waals surface area contributed by atoms with Crippen molar-refractivity contribution in [3.8, 4) is 17.2 Å². The van der Waals surface area contributed by atoms with Crippen LogP contribution in [-0.4, -0.2) is 33.3 Å². The third-order valence-electron chi connectivity index (χ3n) is 5.40. The maximum atomic E-state index is 12.6. The zero-order valence-electron chi connectivity index (χ0n) is 17.3. The van der Waals surface area contributed by atoms with Gasteiger partial charge in [0.15, 0.2) is 11.5 Å². The summed E-state index contributed by atoms with van der Waals surface area (Å²) in [5, 5.41) is 2.94. The Bertz CT molecular complexity index is 872. The van der Waals surface area contributed by atoms with Crippen LogP contribution in [0.25, 0.3) is 0 Å². The van der Waals surface area contributed by atoms with Gasteiger partial charge in [0.05, 0.1) is 14.2 Å². The summed E-state index contributed by atoms with van der Waals surface area (Å²) in [6, 6.07) is 10.9. The highest BCUT2D eigenvalue weighted by molar-refractivity contribution is 5.77. The Hall–Kier alpha value is -2.83. The average Bonchev–Trinajstić information content (AvgIpc) is 2.73. The van der Waals surface area contributed by atoms with E-state index in [-0.39, 0.29) is 23.3 Å². The lowest BCUT2D eigenvalue weighted by Crippen LogP contribution is -2.28. The molecule has 0 radical (unpaired) electrons. The maximum absolute atomic E-state index is 12.6. The van der Waals surface area contributed by atoms with Crippen molar-refractivity contribution < 1.29 is 27.8 Å². The summed E-state index contributed by atoms with van der Waals surface area (Å²) in [6.07, 6.45) is 3.98. The number of alkyl halides is 2. The number of rotatable bonds is 9. The molecular formula is C23H27F2NO4. The molecule has 0 aromatic heterocycles. The van der Waals surface area contributed by atoms with Gasteiger partial charge in [-0.05, 0) is 72.6 Å². The normalized spacial score (nSPS) is 15.4. The average molecular weight is 419 g/mol. The largest absolute Gasteiger partial charge is 0.497 e. The molecule has 1 unspecified atom stereocenters. The summed E-state index contributed by atoms with van der Waals surface area (Å²) < 4.78 is 39.9. The molecular weight excluding hydrogens is 392 g/mol. The quantitative estimate of drug-likeness (QED) is 0.651. The minimum atomic E-state index is -2.92. The van der Waals surface area contributed by atoms with E-state index in [0.29, 0.717) is 19.4 Å². The maximum Gasteiger partial charge on any atom is 0.387 e. The van der Waals surface area contributed by atoms with Gasteiger partial charge in [-0.25, -0.2) is 0 Å². The molecule has 1 amide bonds. The van der Waals surface area contributed by atoms with Crippen LogP contribution in [0.5, 0.6) is 17.2 Å². The van der Waals surface area contributed by atoms with Crippen LogP contribution in [0.2, 0.25) is 0 Å². The first-order chi connectivity index (χ1) is 14.5. The van der Waals surface area contributed by atoms with Gasteiger partial charge in [0.25, 0.3) is 0 Å². The van der Waals surface area contributed by atoms with Gasteiger partial charge in [-0.15, -0.1) is 0 Å². The van der Waals surface area contributed by atoms with Crippen LogP contribution in [0.3, 0.4) is 0 Å². The monoisotopic (exact) mass is 419 g/mol. The van der Waals surface area contributed by atoms with Crippen LogP contribution in [0.15, 0.2) is 36.4 Å². The zero-order chi connectivity index (χ0) is 21.5. The second-order valence-corrected chi connectivity index (χ2v) is 7.32. The predicted molar refractivity (Wildman–Crippen MR) is 110 cm³/mol. The fourth-order valence-electron chi connectivity index (χ4n) is 3.94. The van der Waals surface area contributed by atoms with Gasteiger partial charge in [0.1, 0.15) is 5.75 Å². The van der Waals surface area contributed by atoms with Gasteiger partial charge in [0.2, 0.25) is 5.91 Å². The number of amides is 1. The highest BCUT2D eigenvalue weighted by Gasteiger charge is 2.23. The number of halogens is 2. The second kappa shape index (κ2) is 10.3. The summed E-state index contributed by atoms with van der Waals surface area (Å²) >= 11 is 0. The predicted octanol–water partition coefficient (Wildman–Crippen LogP) is 4.47. The lowest BCUT2D eigenvalue weighted by Gasteiger charge is -2.25. The Labute approximate surface area is 175 Å². The number of methoxy groups -OCH3 is 2. The molecule has 1 N–H and O–H groups in total. The van der Waals surface area contributed by atoms with Crippen molar-refractivity contribution in [2.75, 3.05) is 20.8 Å². The van der Waals surface area contributed by atoms with E-state index in [9.17, 15) is 13.6 Å². The second-order valence-electron chi connectivity index (χ2n) is 7.32. The lowest BCUT2D eigenvalue weighted by molar-refractivity contribution is -0.121. The molecule has 7 heteroatoms. The van der Waals surface area contributed by atoms with Crippen LogP contribution in [0.1, 0.15) is 41.9 Å². The molecule has 0 heterocycles. The third-order valence-corrected chi connectivity index (χ3v) is 5.40. The van der Waals surface area contributed by atoms with Gasteiger partial charge in [0, 0.05) is 13.0 Å². The number of hydrogen-bond acceptors (Lipinski definition) is 4. The van der Waals surface area contributed by atoms with E-state index in [1.807, 2.05) is 6.07 Å². The van der Waals surface area contributed by atoms with Crippen molar-refractivity contribution in [3.05, 3.63) is 53.1 Å². The molecule has 2 aromatic rings. The summed E-state index contributed by atoms with van der Waals surface area (Å²) in [5.74, 6) is 1.27. The van der Waals surface area contributed by atoms with Crippen molar-refractivity contribution in [3.63, 3.8) is 0 Å². The Balaban J connectivity index is 1.54. The van der Waals surface area contributed by atoms with E-state index in [0.717, 1.165) is 30.6 Å². The summed E-state index contributed by atoms with van der Waals surface area (Å²) in [7, 11) is 3.05. The van der Waals surface area contributed by atoms with E-state index in [1.54, 1.807) is 19.2 Å². The van der Waals surface area contributed by atoms with Gasteiger partial charge in [-0.1, -0.05) is 12.1 Å². The molecule has 0 bridgehead atoms. The molecule has 0 saturated heterocycles.